The Bertz CT molecular complexity index is 357. The van der Waals surface area contributed by atoms with Crippen LogP contribution in [-0.2, 0) is 16.0 Å². The summed E-state index contributed by atoms with van der Waals surface area (Å²) in [6, 6.07) is 6.76. The number of nitrogens with one attached hydrogen (secondary N) is 1. The lowest BCUT2D eigenvalue weighted by molar-refractivity contribution is -0.136. The van der Waals surface area contributed by atoms with Crippen LogP contribution in [0, 0.1) is 5.41 Å². The summed E-state index contributed by atoms with van der Waals surface area (Å²) in [6.45, 7) is 2.27. The lowest BCUT2D eigenvalue weighted by Gasteiger charge is -2.05. The molecule has 4 nitrogen and oxygen atoms in total. The second-order valence-corrected chi connectivity index (χ2v) is 3.03. The summed E-state index contributed by atoms with van der Waals surface area (Å²) in [5, 5.41) is 16.1. The van der Waals surface area contributed by atoms with E-state index in [0.29, 0.717) is 12.2 Å². The lowest BCUT2D eigenvalue weighted by Crippen LogP contribution is -2.05. The Labute approximate surface area is 88.0 Å². The fourth-order valence-corrected chi connectivity index (χ4v) is 1.18. The van der Waals surface area contributed by atoms with Gasteiger partial charge in [-0.1, -0.05) is 12.1 Å². The molecule has 0 spiro atoms. The number of carbonyl (C=O) groups is 1. The third kappa shape index (κ3) is 3.42. The van der Waals surface area contributed by atoms with E-state index in [-0.39, 0.29) is 12.3 Å². The number of hydrogen-bond acceptors (Lipinski definition) is 3. The topological polar surface area (TPSA) is 70.4 Å². The molecule has 0 aliphatic heterocycles. The lowest BCUT2D eigenvalue weighted by atomic mass is 10.1. The molecule has 0 saturated heterocycles. The van der Waals surface area contributed by atoms with Gasteiger partial charge in [0, 0.05) is 5.56 Å². The highest BCUT2D eigenvalue weighted by Gasteiger charge is 2.03. The Morgan fingerprint density at radius 3 is 2.47 bits per heavy atom. The number of aliphatic carboxylic acids is 1. The fraction of sp³-hybridized carbons (Fsp3) is 0.273. The van der Waals surface area contributed by atoms with Gasteiger partial charge in [0.2, 0.25) is 5.90 Å². The van der Waals surface area contributed by atoms with Crippen molar-refractivity contribution in [3.8, 4) is 0 Å². The summed E-state index contributed by atoms with van der Waals surface area (Å²) in [4.78, 5) is 10.4. The van der Waals surface area contributed by atoms with Crippen LogP contribution in [0.15, 0.2) is 24.3 Å². The highest BCUT2D eigenvalue weighted by molar-refractivity contribution is 5.91. The van der Waals surface area contributed by atoms with Crippen molar-refractivity contribution >= 4 is 11.9 Å². The van der Waals surface area contributed by atoms with E-state index in [0.717, 1.165) is 5.56 Å². The molecule has 0 atom stereocenters. The molecular formula is C11H13NO3. The molecule has 0 bridgehead atoms. The minimum absolute atomic E-state index is 0.00223. The Kier molecular flexibility index (Phi) is 3.85. The zero-order valence-electron chi connectivity index (χ0n) is 8.49. The molecule has 0 unspecified atom stereocenters. The van der Waals surface area contributed by atoms with Gasteiger partial charge in [-0.05, 0) is 24.6 Å². The van der Waals surface area contributed by atoms with Gasteiger partial charge in [0.15, 0.2) is 0 Å². The predicted octanol–water partition coefficient (Wildman–Crippen LogP) is 1.68. The van der Waals surface area contributed by atoms with Crippen molar-refractivity contribution in [3.63, 3.8) is 0 Å². The molecule has 0 saturated carbocycles. The minimum Gasteiger partial charge on any atom is -0.481 e. The molecule has 0 amide bonds. The smallest absolute Gasteiger partial charge is 0.307 e. The molecule has 2 N–H and O–H groups in total. The van der Waals surface area contributed by atoms with Gasteiger partial charge in [-0.3, -0.25) is 10.2 Å². The molecule has 0 fully saturated rings. The van der Waals surface area contributed by atoms with Crippen molar-refractivity contribution in [2.75, 3.05) is 6.61 Å². The maximum absolute atomic E-state index is 10.4. The zero-order chi connectivity index (χ0) is 11.3. The Hall–Kier alpha value is -1.84. The molecule has 1 aromatic carbocycles. The van der Waals surface area contributed by atoms with Gasteiger partial charge in [0.05, 0.1) is 13.0 Å². The summed E-state index contributed by atoms with van der Waals surface area (Å²) < 4.78 is 5.02. The molecule has 4 heteroatoms. The highest BCUT2D eigenvalue weighted by atomic mass is 16.5. The number of carboxylic acids is 1. The largest absolute Gasteiger partial charge is 0.481 e. The van der Waals surface area contributed by atoms with E-state index in [4.69, 9.17) is 15.3 Å². The summed E-state index contributed by atoms with van der Waals surface area (Å²) in [5.41, 5.74) is 1.38. The van der Waals surface area contributed by atoms with Crippen LogP contribution in [0.5, 0.6) is 0 Å². The molecule has 0 radical (unpaired) electrons. The first-order valence-electron chi connectivity index (χ1n) is 4.66. The standard InChI is InChI=1S/C11H13NO3/c1-2-15-11(12)9-5-3-8(4-6-9)7-10(13)14/h3-6,12H,2,7H2,1H3,(H,13,14). The summed E-state index contributed by atoms with van der Waals surface area (Å²) in [6.07, 6.45) is 0.00223. The average Bonchev–Trinajstić information content (AvgIpc) is 2.18. The summed E-state index contributed by atoms with van der Waals surface area (Å²) in [5.74, 6) is -0.748. The normalized spacial score (nSPS) is 9.67. The average molecular weight is 207 g/mol. The number of carboxylic acid groups (broad SMARTS) is 1. The molecule has 1 rings (SSSR count). The first-order valence-corrected chi connectivity index (χ1v) is 4.66. The third-order valence-electron chi connectivity index (χ3n) is 1.86. The van der Waals surface area contributed by atoms with Crippen molar-refractivity contribution in [1.29, 1.82) is 5.41 Å². The van der Waals surface area contributed by atoms with Crippen LogP contribution < -0.4 is 0 Å². The molecule has 15 heavy (non-hydrogen) atoms. The van der Waals surface area contributed by atoms with E-state index in [1.165, 1.54) is 0 Å². The number of benzene rings is 1. The quantitative estimate of drug-likeness (QED) is 0.582. The molecular weight excluding hydrogens is 194 g/mol. The SMILES string of the molecule is CCOC(=N)c1ccc(CC(=O)O)cc1. The van der Waals surface area contributed by atoms with Crippen LogP contribution in [0.1, 0.15) is 18.1 Å². The molecule has 1 aromatic rings. The van der Waals surface area contributed by atoms with Crippen molar-refractivity contribution in [2.24, 2.45) is 0 Å². The van der Waals surface area contributed by atoms with Crippen LogP contribution in [0.25, 0.3) is 0 Å². The van der Waals surface area contributed by atoms with E-state index in [1.807, 2.05) is 6.92 Å². The van der Waals surface area contributed by atoms with Gasteiger partial charge in [0.25, 0.3) is 0 Å². The zero-order valence-corrected chi connectivity index (χ0v) is 8.49. The van der Waals surface area contributed by atoms with Crippen LogP contribution in [0.3, 0.4) is 0 Å². The van der Waals surface area contributed by atoms with Gasteiger partial charge in [-0.2, -0.15) is 0 Å². The monoisotopic (exact) mass is 207 g/mol. The molecule has 0 heterocycles. The molecule has 0 aromatic heterocycles. The van der Waals surface area contributed by atoms with Gasteiger partial charge in [-0.25, -0.2) is 0 Å². The number of hydrogen-bond donors (Lipinski definition) is 2. The van der Waals surface area contributed by atoms with Gasteiger partial charge in [0.1, 0.15) is 0 Å². The highest BCUT2D eigenvalue weighted by Crippen LogP contribution is 2.06. The van der Waals surface area contributed by atoms with Gasteiger partial charge >= 0.3 is 5.97 Å². The number of rotatable bonds is 4. The third-order valence-corrected chi connectivity index (χ3v) is 1.86. The molecule has 0 aliphatic rings. The minimum atomic E-state index is -0.859. The van der Waals surface area contributed by atoms with Gasteiger partial charge in [-0.15, -0.1) is 0 Å². The van der Waals surface area contributed by atoms with Crippen molar-refractivity contribution in [2.45, 2.75) is 13.3 Å². The van der Waals surface area contributed by atoms with E-state index in [2.05, 4.69) is 0 Å². The Balaban J connectivity index is 2.71. The van der Waals surface area contributed by atoms with Gasteiger partial charge < -0.3 is 9.84 Å². The Morgan fingerprint density at radius 1 is 1.40 bits per heavy atom. The van der Waals surface area contributed by atoms with Crippen LogP contribution in [0.4, 0.5) is 0 Å². The molecule has 80 valence electrons. The Morgan fingerprint density at radius 2 is 2.00 bits per heavy atom. The fourth-order valence-electron chi connectivity index (χ4n) is 1.18. The summed E-state index contributed by atoms with van der Waals surface area (Å²) >= 11 is 0. The number of ether oxygens (including phenoxy) is 1. The first kappa shape index (κ1) is 11.2. The van der Waals surface area contributed by atoms with Crippen molar-refractivity contribution in [3.05, 3.63) is 35.4 Å². The maximum Gasteiger partial charge on any atom is 0.307 e. The first-order chi connectivity index (χ1) is 7.13. The summed E-state index contributed by atoms with van der Waals surface area (Å²) in [7, 11) is 0. The second-order valence-electron chi connectivity index (χ2n) is 3.03. The van der Waals surface area contributed by atoms with Crippen LogP contribution >= 0.6 is 0 Å². The van der Waals surface area contributed by atoms with E-state index < -0.39 is 5.97 Å². The van der Waals surface area contributed by atoms with Crippen LogP contribution in [-0.4, -0.2) is 23.6 Å². The molecule has 0 aliphatic carbocycles. The van der Waals surface area contributed by atoms with E-state index >= 15 is 0 Å². The van der Waals surface area contributed by atoms with Crippen LogP contribution in [0.2, 0.25) is 0 Å². The second kappa shape index (κ2) is 5.14. The van der Waals surface area contributed by atoms with E-state index in [9.17, 15) is 4.79 Å². The maximum atomic E-state index is 10.4. The van der Waals surface area contributed by atoms with Crippen molar-refractivity contribution in [1.82, 2.24) is 0 Å². The predicted molar refractivity (Wildman–Crippen MR) is 56.2 cm³/mol. The van der Waals surface area contributed by atoms with E-state index in [1.54, 1.807) is 24.3 Å². The van der Waals surface area contributed by atoms with Crippen molar-refractivity contribution < 1.29 is 14.6 Å².